The van der Waals surface area contributed by atoms with Gasteiger partial charge in [0.15, 0.2) is 0 Å². The van der Waals surface area contributed by atoms with Gasteiger partial charge >= 0.3 is 0 Å². The first kappa shape index (κ1) is 14.6. The van der Waals surface area contributed by atoms with Crippen molar-refractivity contribution in [2.75, 3.05) is 0 Å². The molecule has 1 saturated carbocycles. The van der Waals surface area contributed by atoms with Gasteiger partial charge in [0, 0.05) is 23.9 Å². The zero-order chi connectivity index (χ0) is 15.4. The van der Waals surface area contributed by atoms with Crippen molar-refractivity contribution in [1.29, 1.82) is 0 Å². The number of rotatable bonds is 6. The van der Waals surface area contributed by atoms with Gasteiger partial charge in [-0.3, -0.25) is 9.78 Å². The summed E-state index contributed by atoms with van der Waals surface area (Å²) in [5.74, 6) is 1.22. The van der Waals surface area contributed by atoms with Gasteiger partial charge in [-0.1, -0.05) is 18.2 Å². The van der Waals surface area contributed by atoms with Crippen molar-refractivity contribution in [3.63, 3.8) is 0 Å². The zero-order valence-electron chi connectivity index (χ0n) is 12.7. The van der Waals surface area contributed by atoms with E-state index in [1.807, 2.05) is 43.3 Å². The molecule has 0 bridgehead atoms. The van der Waals surface area contributed by atoms with Crippen molar-refractivity contribution in [2.45, 2.75) is 32.4 Å². The van der Waals surface area contributed by atoms with Crippen LogP contribution >= 0.6 is 0 Å². The predicted octanol–water partition coefficient (Wildman–Crippen LogP) is 3.25. The van der Waals surface area contributed by atoms with Gasteiger partial charge in [0.25, 0.3) is 0 Å². The van der Waals surface area contributed by atoms with E-state index < -0.39 is 0 Å². The maximum absolute atomic E-state index is 11.8. The smallest absolute Gasteiger partial charge is 0.223 e. The molecule has 4 heteroatoms. The Balaban J connectivity index is 1.54. The fraction of sp³-hybridized carbons (Fsp3) is 0.333. The van der Waals surface area contributed by atoms with Gasteiger partial charge in [-0.15, -0.1) is 0 Å². The van der Waals surface area contributed by atoms with Gasteiger partial charge in [0.2, 0.25) is 5.91 Å². The summed E-state index contributed by atoms with van der Waals surface area (Å²) in [6, 6.07) is 11.8. The van der Waals surface area contributed by atoms with E-state index in [-0.39, 0.29) is 17.9 Å². The molecule has 0 unspecified atom stereocenters. The van der Waals surface area contributed by atoms with Crippen LogP contribution in [0.1, 0.15) is 36.9 Å². The molecule has 3 rings (SSSR count). The molecule has 114 valence electrons. The lowest BCUT2D eigenvalue weighted by molar-refractivity contribution is -0.122. The predicted molar refractivity (Wildman–Crippen MR) is 84.3 cm³/mol. The number of ether oxygens (including phenoxy) is 1. The maximum Gasteiger partial charge on any atom is 0.223 e. The van der Waals surface area contributed by atoms with Crippen LogP contribution < -0.4 is 10.1 Å². The number of aromatic nitrogens is 1. The molecule has 4 nitrogen and oxygen atoms in total. The van der Waals surface area contributed by atoms with Crippen LogP contribution in [0, 0.1) is 5.92 Å². The first-order chi connectivity index (χ1) is 10.7. The number of hydrogen-bond donors (Lipinski definition) is 1. The van der Waals surface area contributed by atoms with Gasteiger partial charge in [0.1, 0.15) is 12.4 Å². The number of amides is 1. The molecule has 0 saturated heterocycles. The largest absolute Gasteiger partial charge is 0.489 e. The number of hydrogen-bond acceptors (Lipinski definition) is 3. The number of nitrogens with zero attached hydrogens (tertiary/aromatic N) is 1. The highest BCUT2D eigenvalue weighted by atomic mass is 16.5. The van der Waals surface area contributed by atoms with Gasteiger partial charge in [-0.05, 0) is 43.5 Å². The van der Waals surface area contributed by atoms with E-state index in [1.165, 1.54) is 0 Å². The van der Waals surface area contributed by atoms with Gasteiger partial charge in [-0.25, -0.2) is 0 Å². The third-order valence-corrected chi connectivity index (χ3v) is 3.82. The second-order valence-corrected chi connectivity index (χ2v) is 5.72. The Morgan fingerprint density at radius 3 is 2.73 bits per heavy atom. The van der Waals surface area contributed by atoms with Crippen LogP contribution in [0.5, 0.6) is 5.75 Å². The SMILES string of the molecule is C[C@H](NC(=O)C1CC1)c1ccc(OCc2cccnc2)cc1. The monoisotopic (exact) mass is 296 g/mol. The normalized spacial score (nSPS) is 15.1. The van der Waals surface area contributed by atoms with E-state index in [2.05, 4.69) is 10.3 Å². The molecule has 2 aromatic rings. The molecule has 1 heterocycles. The first-order valence-electron chi connectivity index (χ1n) is 7.64. The molecule has 1 aliphatic carbocycles. The van der Waals surface area contributed by atoms with E-state index in [0.29, 0.717) is 6.61 Å². The Hall–Kier alpha value is -2.36. The van der Waals surface area contributed by atoms with Crippen LogP contribution in [0.2, 0.25) is 0 Å². The van der Waals surface area contributed by atoms with Gasteiger partial charge in [-0.2, -0.15) is 0 Å². The lowest BCUT2D eigenvalue weighted by atomic mass is 10.1. The minimum atomic E-state index is 0.0282. The standard InChI is InChI=1S/C18H20N2O2/c1-13(20-18(21)16-4-5-16)15-6-8-17(9-7-15)22-12-14-3-2-10-19-11-14/h2-3,6-11,13,16H,4-5,12H2,1H3,(H,20,21)/t13-/m0/s1. The second-order valence-electron chi connectivity index (χ2n) is 5.72. The lowest BCUT2D eigenvalue weighted by Crippen LogP contribution is -2.27. The third-order valence-electron chi connectivity index (χ3n) is 3.82. The Kier molecular flexibility index (Phi) is 4.37. The first-order valence-corrected chi connectivity index (χ1v) is 7.64. The molecule has 1 aliphatic rings. The quantitative estimate of drug-likeness (QED) is 0.890. The summed E-state index contributed by atoms with van der Waals surface area (Å²) in [5, 5.41) is 3.05. The number of benzene rings is 1. The van der Waals surface area contributed by atoms with Crippen molar-refractivity contribution < 1.29 is 9.53 Å². The van der Waals surface area contributed by atoms with Crippen LogP contribution in [0.15, 0.2) is 48.8 Å². The highest BCUT2D eigenvalue weighted by Crippen LogP contribution is 2.30. The van der Waals surface area contributed by atoms with Crippen LogP contribution in [-0.2, 0) is 11.4 Å². The Morgan fingerprint density at radius 2 is 2.09 bits per heavy atom. The van der Waals surface area contributed by atoms with Gasteiger partial charge in [0.05, 0.1) is 6.04 Å². The van der Waals surface area contributed by atoms with E-state index in [0.717, 1.165) is 29.7 Å². The molecule has 0 aliphatic heterocycles. The summed E-state index contributed by atoms with van der Waals surface area (Å²) in [4.78, 5) is 15.8. The molecule has 1 aromatic heterocycles. The third kappa shape index (κ3) is 3.85. The molecule has 1 fully saturated rings. The number of carbonyl (C=O) groups excluding carboxylic acids is 1. The van der Waals surface area contributed by atoms with E-state index in [9.17, 15) is 4.79 Å². The average Bonchev–Trinajstić information content (AvgIpc) is 3.39. The molecule has 1 amide bonds. The second kappa shape index (κ2) is 6.60. The maximum atomic E-state index is 11.8. The summed E-state index contributed by atoms with van der Waals surface area (Å²) < 4.78 is 5.73. The summed E-state index contributed by atoms with van der Waals surface area (Å²) >= 11 is 0. The Morgan fingerprint density at radius 1 is 1.32 bits per heavy atom. The van der Waals surface area contributed by atoms with Crippen LogP contribution in [0.4, 0.5) is 0 Å². The molecule has 1 aromatic carbocycles. The lowest BCUT2D eigenvalue weighted by Gasteiger charge is -2.15. The summed E-state index contributed by atoms with van der Waals surface area (Å²) in [7, 11) is 0. The minimum Gasteiger partial charge on any atom is -0.489 e. The van der Waals surface area contributed by atoms with E-state index in [1.54, 1.807) is 12.4 Å². The average molecular weight is 296 g/mol. The molecule has 0 spiro atoms. The molecule has 1 atom stereocenters. The molecule has 22 heavy (non-hydrogen) atoms. The Bertz CT molecular complexity index is 621. The van der Waals surface area contributed by atoms with Crippen molar-refractivity contribution in [3.05, 3.63) is 59.9 Å². The van der Waals surface area contributed by atoms with Crippen molar-refractivity contribution in [1.82, 2.24) is 10.3 Å². The van der Waals surface area contributed by atoms with Crippen LogP contribution in [0.25, 0.3) is 0 Å². The van der Waals surface area contributed by atoms with E-state index in [4.69, 9.17) is 4.74 Å². The Labute approximate surface area is 130 Å². The number of pyridine rings is 1. The molecular formula is C18H20N2O2. The summed E-state index contributed by atoms with van der Waals surface area (Å²) in [5.41, 5.74) is 2.12. The summed E-state index contributed by atoms with van der Waals surface area (Å²) in [6.07, 6.45) is 5.60. The van der Waals surface area contributed by atoms with E-state index >= 15 is 0 Å². The van der Waals surface area contributed by atoms with Gasteiger partial charge < -0.3 is 10.1 Å². The minimum absolute atomic E-state index is 0.0282. The summed E-state index contributed by atoms with van der Waals surface area (Å²) in [6.45, 7) is 2.51. The topological polar surface area (TPSA) is 51.2 Å². The molecular weight excluding hydrogens is 276 g/mol. The fourth-order valence-electron chi connectivity index (χ4n) is 2.26. The molecule has 1 N–H and O–H groups in total. The van der Waals surface area contributed by atoms with Crippen molar-refractivity contribution in [2.24, 2.45) is 5.92 Å². The van der Waals surface area contributed by atoms with Crippen molar-refractivity contribution >= 4 is 5.91 Å². The fourth-order valence-corrected chi connectivity index (χ4v) is 2.26. The highest BCUT2D eigenvalue weighted by molar-refractivity contribution is 5.81. The highest BCUT2D eigenvalue weighted by Gasteiger charge is 2.30. The van der Waals surface area contributed by atoms with Crippen LogP contribution in [-0.4, -0.2) is 10.9 Å². The van der Waals surface area contributed by atoms with Crippen molar-refractivity contribution in [3.8, 4) is 5.75 Å². The van der Waals surface area contributed by atoms with Crippen LogP contribution in [0.3, 0.4) is 0 Å². The molecule has 0 radical (unpaired) electrons. The number of nitrogens with one attached hydrogen (secondary N) is 1. The zero-order valence-corrected chi connectivity index (χ0v) is 12.7. The number of carbonyl (C=O) groups is 1.